The number of nitrogens with two attached hydrogens (primary N) is 1. The first-order valence-corrected chi connectivity index (χ1v) is 13.3. The van der Waals surface area contributed by atoms with E-state index in [-0.39, 0.29) is 24.0 Å². The number of anilines is 3. The van der Waals surface area contributed by atoms with Crippen molar-refractivity contribution in [2.75, 3.05) is 24.3 Å². The van der Waals surface area contributed by atoms with E-state index < -0.39 is 5.41 Å². The summed E-state index contributed by atoms with van der Waals surface area (Å²) in [6.07, 6.45) is 9.70. The van der Waals surface area contributed by atoms with Gasteiger partial charge in [-0.1, -0.05) is 18.2 Å². The van der Waals surface area contributed by atoms with E-state index in [1.807, 2.05) is 13.0 Å². The van der Waals surface area contributed by atoms with Crippen LogP contribution in [-0.4, -0.2) is 52.8 Å². The minimum Gasteiger partial charge on any atom is -0.494 e. The summed E-state index contributed by atoms with van der Waals surface area (Å²) in [7, 11) is 1.70. The second-order valence-corrected chi connectivity index (χ2v) is 11.1. The number of carbonyl (C=O) groups excluding carboxylic acids is 1. The largest absolute Gasteiger partial charge is 0.494 e. The Hall–Kier alpha value is -3.17. The maximum atomic E-state index is 12.3. The number of methoxy groups -OCH3 is 1. The molecule has 37 heavy (non-hydrogen) atoms. The van der Waals surface area contributed by atoms with Crippen LogP contribution in [0.25, 0.3) is 0 Å². The Balaban J connectivity index is 1.22. The third-order valence-electron chi connectivity index (χ3n) is 8.88. The maximum absolute atomic E-state index is 12.3. The second-order valence-electron chi connectivity index (χ2n) is 11.1. The molecule has 0 bridgehead atoms. The number of primary amides is 1. The quantitative estimate of drug-likeness (QED) is 0.260. The topological polar surface area (TPSA) is 134 Å². The number of hydrogen-bond donors (Lipinski definition) is 5. The van der Waals surface area contributed by atoms with Gasteiger partial charge in [-0.2, -0.15) is 4.98 Å². The van der Waals surface area contributed by atoms with Gasteiger partial charge < -0.3 is 31.5 Å². The summed E-state index contributed by atoms with van der Waals surface area (Å²) in [6, 6.07) is 4.48. The van der Waals surface area contributed by atoms with Crippen LogP contribution >= 0.6 is 0 Å². The Kier molecular flexibility index (Phi) is 5.88. The van der Waals surface area contributed by atoms with E-state index in [2.05, 4.69) is 39.2 Å². The predicted molar refractivity (Wildman–Crippen MR) is 142 cm³/mol. The van der Waals surface area contributed by atoms with E-state index in [1.54, 1.807) is 20.2 Å². The van der Waals surface area contributed by atoms with Gasteiger partial charge in [0, 0.05) is 36.3 Å². The van der Waals surface area contributed by atoms with Crippen molar-refractivity contribution >= 4 is 23.4 Å². The number of aromatic nitrogens is 2. The molecule has 1 amide bonds. The third-order valence-corrected chi connectivity index (χ3v) is 8.88. The Labute approximate surface area is 217 Å². The van der Waals surface area contributed by atoms with Crippen molar-refractivity contribution in [2.45, 2.75) is 57.7 Å². The smallest absolute Gasteiger partial charge is 0.229 e. The molecule has 196 valence electrons. The molecule has 6 N–H and O–H groups in total. The van der Waals surface area contributed by atoms with Crippen molar-refractivity contribution in [1.29, 1.82) is 0 Å². The van der Waals surface area contributed by atoms with E-state index in [4.69, 9.17) is 15.5 Å². The minimum atomic E-state index is -0.466. The molecule has 6 rings (SSSR count). The highest BCUT2D eigenvalue weighted by atomic mass is 16.5. The van der Waals surface area contributed by atoms with E-state index in [0.717, 1.165) is 42.7 Å². The van der Waals surface area contributed by atoms with E-state index >= 15 is 0 Å². The Bertz CT molecular complexity index is 1260. The van der Waals surface area contributed by atoms with Crippen LogP contribution < -0.4 is 26.4 Å². The zero-order chi connectivity index (χ0) is 25.9. The number of aliphatic hydroxyl groups excluding tert-OH is 1. The summed E-state index contributed by atoms with van der Waals surface area (Å²) < 4.78 is 5.89. The number of benzene rings is 1. The van der Waals surface area contributed by atoms with Gasteiger partial charge in [0.2, 0.25) is 11.9 Å². The SMILES string of the molecule is COc1c(Nc2ncc(C)c(NC3C4C=CC5C4C53C(N)=O)n2)ccc2c1CCCC(NCC(C)O)C2. The summed E-state index contributed by atoms with van der Waals surface area (Å²) in [5.74, 6) is 2.73. The first-order chi connectivity index (χ1) is 17.8. The number of amides is 1. The standard InChI is InChI=1S/C28H36N6O3/c1-14-12-31-27(34-25(14)33-24-19-8-9-20-22(19)28(20,24)26(29)36)32-21-10-7-16-11-17(30-13-15(2)35)5-4-6-18(16)23(21)37-3/h7-10,12,15,17,19-20,22,24,30,35H,4-6,11,13H2,1-3H3,(H2,29,36)(H2,31,32,33,34). The zero-order valence-corrected chi connectivity index (χ0v) is 21.6. The lowest BCUT2D eigenvalue weighted by atomic mass is 9.67. The van der Waals surface area contributed by atoms with Crippen molar-refractivity contribution in [2.24, 2.45) is 28.9 Å². The highest BCUT2D eigenvalue weighted by molar-refractivity contribution is 5.91. The van der Waals surface area contributed by atoms with Gasteiger partial charge in [0.1, 0.15) is 11.6 Å². The Morgan fingerprint density at radius 1 is 1.35 bits per heavy atom. The molecular weight excluding hydrogens is 468 g/mol. The summed E-state index contributed by atoms with van der Waals surface area (Å²) in [4.78, 5) is 21.6. The molecule has 4 aliphatic rings. The molecule has 0 aliphatic heterocycles. The molecule has 0 radical (unpaired) electrons. The minimum absolute atomic E-state index is 0.0242. The summed E-state index contributed by atoms with van der Waals surface area (Å²) >= 11 is 0. The number of ether oxygens (including phenoxy) is 1. The van der Waals surface area contributed by atoms with Crippen LogP contribution in [0.15, 0.2) is 30.5 Å². The van der Waals surface area contributed by atoms with Gasteiger partial charge in [-0.3, -0.25) is 4.79 Å². The van der Waals surface area contributed by atoms with Gasteiger partial charge in [0.05, 0.1) is 24.3 Å². The monoisotopic (exact) mass is 504 g/mol. The summed E-state index contributed by atoms with van der Waals surface area (Å²) in [5, 5.41) is 20.0. The Morgan fingerprint density at radius 2 is 2.19 bits per heavy atom. The van der Waals surface area contributed by atoms with Crippen molar-refractivity contribution < 1.29 is 14.6 Å². The van der Waals surface area contributed by atoms with Crippen LogP contribution in [0.4, 0.5) is 17.5 Å². The molecule has 9 nitrogen and oxygen atoms in total. The zero-order valence-electron chi connectivity index (χ0n) is 21.6. The number of allylic oxidation sites excluding steroid dienone is 1. The van der Waals surface area contributed by atoms with Crippen LogP contribution in [0.3, 0.4) is 0 Å². The molecular formula is C28H36N6O3. The number of aryl methyl sites for hydroxylation is 1. The number of hydrogen-bond acceptors (Lipinski definition) is 8. The second kappa shape index (κ2) is 8.99. The van der Waals surface area contributed by atoms with Gasteiger partial charge in [0.25, 0.3) is 0 Å². The number of rotatable bonds is 9. The summed E-state index contributed by atoms with van der Waals surface area (Å²) in [5.41, 5.74) is 9.57. The van der Waals surface area contributed by atoms with E-state index in [1.165, 1.54) is 11.1 Å². The van der Waals surface area contributed by atoms with Crippen molar-refractivity contribution in [3.05, 3.63) is 47.2 Å². The van der Waals surface area contributed by atoms with E-state index in [9.17, 15) is 9.90 Å². The first kappa shape index (κ1) is 24.2. The van der Waals surface area contributed by atoms with E-state index in [0.29, 0.717) is 36.2 Å². The van der Waals surface area contributed by atoms with Crippen LogP contribution in [0.5, 0.6) is 5.75 Å². The average Bonchev–Trinajstić information content (AvgIpc) is 3.37. The first-order valence-electron chi connectivity index (χ1n) is 13.3. The lowest BCUT2D eigenvalue weighted by molar-refractivity contribution is -0.127. The van der Waals surface area contributed by atoms with Crippen LogP contribution in [0, 0.1) is 30.1 Å². The molecule has 2 fully saturated rings. The van der Waals surface area contributed by atoms with Crippen molar-refractivity contribution in [3.63, 3.8) is 0 Å². The molecule has 9 heteroatoms. The molecule has 0 saturated heterocycles. The van der Waals surface area contributed by atoms with Gasteiger partial charge in [-0.15, -0.1) is 0 Å². The fraction of sp³-hybridized carbons (Fsp3) is 0.536. The van der Waals surface area contributed by atoms with Crippen LogP contribution in [-0.2, 0) is 17.6 Å². The highest BCUT2D eigenvalue weighted by Crippen LogP contribution is 2.79. The van der Waals surface area contributed by atoms with Gasteiger partial charge in [0.15, 0.2) is 0 Å². The lowest BCUT2D eigenvalue weighted by Crippen LogP contribution is -2.55. The van der Waals surface area contributed by atoms with Gasteiger partial charge >= 0.3 is 0 Å². The number of fused-ring (bicyclic) bond motifs is 2. The molecule has 2 saturated carbocycles. The third kappa shape index (κ3) is 3.78. The van der Waals surface area contributed by atoms with Crippen LogP contribution in [0.2, 0.25) is 0 Å². The predicted octanol–water partition coefficient (Wildman–Crippen LogP) is 2.45. The molecule has 4 aliphatic carbocycles. The highest BCUT2D eigenvalue weighted by Gasteiger charge is 2.85. The van der Waals surface area contributed by atoms with Gasteiger partial charge in [-0.25, -0.2) is 4.98 Å². The summed E-state index contributed by atoms with van der Waals surface area (Å²) in [6.45, 7) is 4.36. The normalized spacial score (nSPS) is 31.4. The van der Waals surface area contributed by atoms with Crippen LogP contribution in [0.1, 0.15) is 36.5 Å². The molecule has 7 unspecified atom stereocenters. The molecule has 1 aromatic heterocycles. The maximum Gasteiger partial charge on any atom is 0.229 e. The number of nitrogens with zero attached hydrogens (tertiary/aromatic N) is 2. The lowest BCUT2D eigenvalue weighted by Gasteiger charge is -2.42. The molecule has 7 atom stereocenters. The number of carbonyl (C=O) groups is 1. The van der Waals surface area contributed by atoms with Crippen molar-refractivity contribution in [3.8, 4) is 5.75 Å². The molecule has 2 aromatic rings. The Morgan fingerprint density at radius 3 is 2.92 bits per heavy atom. The average molecular weight is 505 g/mol. The van der Waals surface area contributed by atoms with Gasteiger partial charge in [-0.05, 0) is 68.6 Å². The molecule has 1 heterocycles. The van der Waals surface area contributed by atoms with Crippen molar-refractivity contribution in [1.82, 2.24) is 15.3 Å². The molecule has 0 spiro atoms. The number of aliphatic hydroxyl groups is 1. The number of nitrogens with one attached hydrogen (secondary N) is 3. The fourth-order valence-corrected chi connectivity index (χ4v) is 7.08. The molecule has 1 aromatic carbocycles. The fourth-order valence-electron chi connectivity index (χ4n) is 7.08.